The van der Waals surface area contributed by atoms with Crippen molar-refractivity contribution in [2.24, 2.45) is 0 Å². The second kappa shape index (κ2) is 6.23. The number of fused-ring (bicyclic) bond motifs is 1. The highest BCUT2D eigenvalue weighted by molar-refractivity contribution is 7.00. The van der Waals surface area contributed by atoms with Crippen LogP contribution in [-0.2, 0) is 6.54 Å². The number of aromatic nitrogens is 5. The van der Waals surface area contributed by atoms with E-state index in [1.165, 1.54) is 0 Å². The maximum absolute atomic E-state index is 6.28. The molecule has 9 heteroatoms. The third-order valence-corrected chi connectivity index (χ3v) is 4.03. The molecule has 21 heavy (non-hydrogen) atoms. The van der Waals surface area contributed by atoms with E-state index in [9.17, 15) is 0 Å². The molecular formula is C12H12Cl2N6S. The Morgan fingerprint density at radius 2 is 2.05 bits per heavy atom. The number of halogens is 2. The molecule has 3 aromatic rings. The van der Waals surface area contributed by atoms with Gasteiger partial charge in [-0.2, -0.15) is 8.75 Å². The Hall–Kier alpha value is -1.28. The van der Waals surface area contributed by atoms with Gasteiger partial charge in [0.05, 0.1) is 33.7 Å². The van der Waals surface area contributed by atoms with Crippen molar-refractivity contribution in [3.8, 4) is 5.69 Å². The molecule has 0 fully saturated rings. The fourth-order valence-electron chi connectivity index (χ4n) is 1.96. The minimum absolute atomic E-state index is 0.471. The zero-order valence-corrected chi connectivity index (χ0v) is 13.5. The van der Waals surface area contributed by atoms with Crippen LogP contribution in [0.25, 0.3) is 16.7 Å². The predicted molar refractivity (Wildman–Crippen MR) is 84.3 cm³/mol. The highest BCUT2D eigenvalue weighted by Gasteiger charge is 2.17. The van der Waals surface area contributed by atoms with E-state index < -0.39 is 0 Å². The minimum Gasteiger partial charge on any atom is -0.311 e. The second-order valence-electron chi connectivity index (χ2n) is 4.48. The van der Waals surface area contributed by atoms with Crippen molar-refractivity contribution in [3.63, 3.8) is 0 Å². The summed E-state index contributed by atoms with van der Waals surface area (Å²) >= 11 is 13.5. The predicted octanol–water partition coefficient (Wildman–Crippen LogP) is 3.08. The van der Waals surface area contributed by atoms with E-state index in [-0.39, 0.29) is 0 Å². The van der Waals surface area contributed by atoms with Crippen LogP contribution in [0, 0.1) is 0 Å². The number of nitrogens with one attached hydrogen (secondary N) is 1. The van der Waals surface area contributed by atoms with Crippen LogP contribution < -0.4 is 5.32 Å². The molecule has 0 saturated heterocycles. The molecular weight excluding hydrogens is 331 g/mol. The molecule has 0 aliphatic rings. The molecule has 0 amide bonds. The second-order valence-corrected chi connectivity index (χ2v) is 5.82. The van der Waals surface area contributed by atoms with E-state index in [2.05, 4.69) is 31.3 Å². The topological polar surface area (TPSA) is 68.5 Å². The van der Waals surface area contributed by atoms with Crippen LogP contribution in [-0.4, -0.2) is 30.3 Å². The number of hydrogen-bond acceptors (Lipinski definition) is 6. The van der Waals surface area contributed by atoms with E-state index in [1.807, 2.05) is 6.20 Å². The molecule has 1 N–H and O–H groups in total. The molecule has 0 saturated carbocycles. The normalized spacial score (nSPS) is 11.4. The summed E-state index contributed by atoms with van der Waals surface area (Å²) in [7, 11) is 0. The van der Waals surface area contributed by atoms with Crippen LogP contribution in [0.4, 0.5) is 0 Å². The first kappa shape index (κ1) is 14.6. The van der Waals surface area contributed by atoms with E-state index in [4.69, 9.17) is 23.2 Å². The van der Waals surface area contributed by atoms with Crippen molar-refractivity contribution in [1.82, 2.24) is 29.1 Å². The third-order valence-electron chi connectivity index (χ3n) is 2.92. The first-order chi connectivity index (χ1) is 10.2. The van der Waals surface area contributed by atoms with Gasteiger partial charge in [-0.15, -0.1) is 5.10 Å². The van der Waals surface area contributed by atoms with E-state index in [0.29, 0.717) is 33.3 Å². The fraction of sp³-hybridized carbons (Fsp3) is 0.333. The zero-order valence-electron chi connectivity index (χ0n) is 11.2. The number of nitrogens with zero attached hydrogens (tertiary/aromatic N) is 5. The van der Waals surface area contributed by atoms with E-state index >= 15 is 0 Å². The first-order valence-electron chi connectivity index (χ1n) is 6.43. The molecule has 0 aliphatic carbocycles. The average molecular weight is 343 g/mol. The molecule has 0 radical (unpaired) electrons. The highest BCUT2D eigenvalue weighted by Crippen LogP contribution is 2.33. The van der Waals surface area contributed by atoms with Gasteiger partial charge in [-0.25, -0.2) is 4.68 Å². The van der Waals surface area contributed by atoms with E-state index in [0.717, 1.165) is 30.4 Å². The number of rotatable bonds is 5. The van der Waals surface area contributed by atoms with Gasteiger partial charge < -0.3 is 5.32 Å². The molecule has 0 bridgehead atoms. The molecule has 6 nitrogen and oxygen atoms in total. The maximum atomic E-state index is 6.28. The summed E-state index contributed by atoms with van der Waals surface area (Å²) in [5.74, 6) is 0. The molecule has 0 unspecified atom stereocenters. The highest BCUT2D eigenvalue weighted by atomic mass is 35.5. The summed E-state index contributed by atoms with van der Waals surface area (Å²) in [5.41, 5.74) is 2.75. The zero-order chi connectivity index (χ0) is 14.8. The summed E-state index contributed by atoms with van der Waals surface area (Å²) in [6.45, 7) is 3.72. The van der Waals surface area contributed by atoms with Gasteiger partial charge in [0.1, 0.15) is 16.7 Å². The van der Waals surface area contributed by atoms with Gasteiger partial charge in [0, 0.05) is 6.54 Å². The van der Waals surface area contributed by atoms with Gasteiger partial charge in [-0.05, 0) is 19.0 Å². The molecule has 2 heterocycles. The molecule has 2 aromatic heterocycles. The monoisotopic (exact) mass is 342 g/mol. The van der Waals surface area contributed by atoms with Crippen molar-refractivity contribution >= 4 is 46.0 Å². The lowest BCUT2D eigenvalue weighted by Crippen LogP contribution is -2.13. The van der Waals surface area contributed by atoms with E-state index in [1.54, 1.807) is 10.7 Å². The van der Waals surface area contributed by atoms with Crippen molar-refractivity contribution in [2.75, 3.05) is 6.54 Å². The van der Waals surface area contributed by atoms with Gasteiger partial charge >= 0.3 is 0 Å². The van der Waals surface area contributed by atoms with Crippen LogP contribution >= 0.6 is 34.9 Å². The molecule has 0 atom stereocenters. The molecule has 1 aromatic carbocycles. The summed E-state index contributed by atoms with van der Waals surface area (Å²) in [4.78, 5) is 0. The van der Waals surface area contributed by atoms with Crippen molar-refractivity contribution in [2.45, 2.75) is 19.9 Å². The van der Waals surface area contributed by atoms with Crippen LogP contribution in [0.1, 0.15) is 19.0 Å². The Morgan fingerprint density at radius 3 is 2.86 bits per heavy atom. The third kappa shape index (κ3) is 2.87. The molecule has 0 aliphatic heterocycles. The average Bonchev–Trinajstić information content (AvgIpc) is 3.09. The van der Waals surface area contributed by atoms with Crippen LogP contribution in [0.3, 0.4) is 0 Å². The van der Waals surface area contributed by atoms with Crippen molar-refractivity contribution in [3.05, 3.63) is 28.0 Å². The van der Waals surface area contributed by atoms with Gasteiger partial charge in [0.25, 0.3) is 0 Å². The van der Waals surface area contributed by atoms with Crippen molar-refractivity contribution in [1.29, 1.82) is 0 Å². The Balaban J connectivity index is 1.99. The number of hydrogen-bond donors (Lipinski definition) is 1. The Morgan fingerprint density at radius 1 is 1.24 bits per heavy atom. The first-order valence-corrected chi connectivity index (χ1v) is 7.92. The molecule has 3 rings (SSSR count). The Bertz CT molecular complexity index is 768. The number of benzene rings is 1. The largest absolute Gasteiger partial charge is 0.311 e. The summed E-state index contributed by atoms with van der Waals surface area (Å²) in [6.07, 6.45) is 2.90. The van der Waals surface area contributed by atoms with Gasteiger partial charge in [0.15, 0.2) is 0 Å². The maximum Gasteiger partial charge on any atom is 0.133 e. The standard InChI is InChI=1S/C12H12Cl2N6S/c1-2-3-15-5-7-6-20(19-16-7)12-9(14)4-8(13)10-11(12)18-21-17-10/h4,6,15H,2-3,5H2,1H3. The lowest BCUT2D eigenvalue weighted by Gasteiger charge is -2.04. The smallest absolute Gasteiger partial charge is 0.133 e. The summed E-state index contributed by atoms with van der Waals surface area (Å²) in [6, 6.07) is 1.65. The van der Waals surface area contributed by atoms with Gasteiger partial charge in [0.2, 0.25) is 0 Å². The van der Waals surface area contributed by atoms with Crippen LogP contribution in [0.15, 0.2) is 12.3 Å². The molecule has 110 valence electrons. The SMILES string of the molecule is CCCNCc1cn(-c2c(Cl)cc(Cl)c3nsnc23)nn1. The summed E-state index contributed by atoms with van der Waals surface area (Å²) in [5, 5.41) is 12.5. The quantitative estimate of drug-likeness (QED) is 0.721. The summed E-state index contributed by atoms with van der Waals surface area (Å²) < 4.78 is 10.1. The van der Waals surface area contributed by atoms with Gasteiger partial charge in [-0.1, -0.05) is 35.3 Å². The molecule has 0 spiro atoms. The van der Waals surface area contributed by atoms with Crippen LogP contribution in [0.5, 0.6) is 0 Å². The Labute approximate surface area is 135 Å². The lowest BCUT2D eigenvalue weighted by molar-refractivity contribution is 0.662. The fourth-order valence-corrected chi connectivity index (χ4v) is 3.16. The van der Waals surface area contributed by atoms with Crippen molar-refractivity contribution < 1.29 is 0 Å². The minimum atomic E-state index is 0.471. The Kier molecular flexibility index (Phi) is 4.34. The lowest BCUT2D eigenvalue weighted by atomic mass is 10.2. The van der Waals surface area contributed by atoms with Crippen LogP contribution in [0.2, 0.25) is 10.0 Å². The van der Waals surface area contributed by atoms with Gasteiger partial charge in [-0.3, -0.25) is 0 Å².